The number of thioether (sulfide) groups is 1. The molecule has 0 bridgehead atoms. The second-order valence-corrected chi connectivity index (χ2v) is 10.5. The summed E-state index contributed by atoms with van der Waals surface area (Å²) in [4.78, 5) is 15.7. The Hall–Kier alpha value is -2.43. The van der Waals surface area contributed by atoms with Crippen LogP contribution in [0, 0.1) is 0 Å². The SMILES string of the molecule is CCCN(C(=O)Nc1ccc(OC(F)(F)F)cc1)C1Cc2ccc(SC(C)(C)C(O)O)cc2C1. The molecular weight excluding hydrogens is 469 g/mol. The van der Waals surface area contributed by atoms with E-state index in [1.54, 1.807) is 18.7 Å². The Morgan fingerprint density at radius 1 is 1.15 bits per heavy atom. The van der Waals surface area contributed by atoms with Gasteiger partial charge in [-0.25, -0.2) is 4.79 Å². The van der Waals surface area contributed by atoms with Gasteiger partial charge in [0.05, 0.1) is 4.75 Å². The van der Waals surface area contributed by atoms with Crippen LogP contribution in [0.1, 0.15) is 38.3 Å². The first-order chi connectivity index (χ1) is 15.9. The van der Waals surface area contributed by atoms with E-state index in [1.165, 1.54) is 23.9 Å². The van der Waals surface area contributed by atoms with E-state index < -0.39 is 17.4 Å². The second-order valence-electron chi connectivity index (χ2n) is 8.77. The van der Waals surface area contributed by atoms with Crippen molar-refractivity contribution in [3.05, 3.63) is 53.6 Å². The summed E-state index contributed by atoms with van der Waals surface area (Å²) in [7, 11) is 0. The number of nitrogens with one attached hydrogen (secondary N) is 1. The molecule has 10 heteroatoms. The Balaban J connectivity index is 1.68. The lowest BCUT2D eigenvalue weighted by Gasteiger charge is -2.29. The number of hydrogen-bond donors (Lipinski definition) is 3. The Kier molecular flexibility index (Phi) is 8.05. The number of alkyl halides is 3. The monoisotopic (exact) mass is 498 g/mol. The molecule has 0 aliphatic heterocycles. The third kappa shape index (κ3) is 6.80. The fourth-order valence-corrected chi connectivity index (χ4v) is 4.89. The number of carbonyl (C=O) groups is 1. The molecular formula is C24H29F3N2O4S. The van der Waals surface area contributed by atoms with Crippen LogP contribution in [-0.4, -0.2) is 51.1 Å². The molecule has 0 radical (unpaired) electrons. The number of aliphatic hydroxyl groups excluding tert-OH is 1. The first-order valence-electron chi connectivity index (χ1n) is 11.0. The van der Waals surface area contributed by atoms with Gasteiger partial charge in [-0.05, 0) is 80.6 Å². The number of anilines is 1. The largest absolute Gasteiger partial charge is 0.573 e. The van der Waals surface area contributed by atoms with Crippen LogP contribution in [0.25, 0.3) is 0 Å². The van der Waals surface area contributed by atoms with Crippen LogP contribution in [0.3, 0.4) is 0 Å². The van der Waals surface area contributed by atoms with Gasteiger partial charge in [0.25, 0.3) is 0 Å². The number of amides is 2. The van der Waals surface area contributed by atoms with E-state index in [4.69, 9.17) is 0 Å². The van der Waals surface area contributed by atoms with Crippen molar-refractivity contribution in [2.24, 2.45) is 0 Å². The van der Waals surface area contributed by atoms with E-state index in [0.717, 1.165) is 34.6 Å². The van der Waals surface area contributed by atoms with Crippen molar-refractivity contribution in [2.75, 3.05) is 11.9 Å². The summed E-state index contributed by atoms with van der Waals surface area (Å²) in [5, 5.41) is 21.9. The summed E-state index contributed by atoms with van der Waals surface area (Å²) >= 11 is 1.38. The van der Waals surface area contributed by atoms with Gasteiger partial charge in [-0.2, -0.15) is 0 Å². The molecule has 0 heterocycles. The first kappa shape index (κ1) is 26.2. The van der Waals surface area contributed by atoms with Crippen molar-refractivity contribution in [1.29, 1.82) is 0 Å². The van der Waals surface area contributed by atoms with Gasteiger partial charge < -0.3 is 25.2 Å². The second kappa shape index (κ2) is 10.5. The number of carbonyl (C=O) groups excluding carboxylic acids is 1. The molecule has 3 rings (SSSR count). The molecule has 0 fully saturated rings. The average Bonchev–Trinajstić information content (AvgIpc) is 3.14. The van der Waals surface area contributed by atoms with E-state index in [1.807, 2.05) is 25.1 Å². The van der Waals surface area contributed by atoms with Crippen molar-refractivity contribution in [3.8, 4) is 5.75 Å². The molecule has 1 unspecified atom stereocenters. The predicted molar refractivity (Wildman–Crippen MR) is 125 cm³/mol. The summed E-state index contributed by atoms with van der Waals surface area (Å²) in [6.45, 7) is 6.02. The highest BCUT2D eigenvalue weighted by Crippen LogP contribution is 2.37. The summed E-state index contributed by atoms with van der Waals surface area (Å²) in [5.41, 5.74) is 2.62. The van der Waals surface area contributed by atoms with E-state index in [9.17, 15) is 28.2 Å². The van der Waals surface area contributed by atoms with E-state index in [-0.39, 0.29) is 17.8 Å². The number of fused-ring (bicyclic) bond motifs is 1. The molecule has 0 saturated heterocycles. The number of halogens is 3. The van der Waals surface area contributed by atoms with Gasteiger partial charge in [0.1, 0.15) is 5.75 Å². The molecule has 34 heavy (non-hydrogen) atoms. The van der Waals surface area contributed by atoms with Gasteiger partial charge in [0.15, 0.2) is 6.29 Å². The molecule has 186 valence electrons. The fourth-order valence-electron chi connectivity index (χ4n) is 3.84. The lowest BCUT2D eigenvalue weighted by Crippen LogP contribution is -2.43. The van der Waals surface area contributed by atoms with Gasteiger partial charge in [-0.3, -0.25) is 0 Å². The molecule has 0 saturated carbocycles. The molecule has 2 aromatic carbocycles. The minimum absolute atomic E-state index is 0.0560. The lowest BCUT2D eigenvalue weighted by molar-refractivity contribution is -0.274. The number of nitrogens with zero attached hydrogens (tertiary/aromatic N) is 1. The van der Waals surface area contributed by atoms with Gasteiger partial charge in [-0.15, -0.1) is 24.9 Å². The Bertz CT molecular complexity index is 997. The highest BCUT2D eigenvalue weighted by atomic mass is 32.2. The number of urea groups is 1. The maximum atomic E-state index is 13.0. The molecule has 6 nitrogen and oxygen atoms in total. The molecule has 1 aliphatic rings. The molecule has 3 N–H and O–H groups in total. The zero-order valence-corrected chi connectivity index (χ0v) is 20.0. The Morgan fingerprint density at radius 2 is 1.79 bits per heavy atom. The van der Waals surface area contributed by atoms with Crippen LogP contribution >= 0.6 is 11.8 Å². The number of ether oxygens (including phenoxy) is 1. The highest BCUT2D eigenvalue weighted by molar-refractivity contribution is 8.00. The summed E-state index contributed by atoms with van der Waals surface area (Å²) in [6, 6.07) is 10.7. The fraction of sp³-hybridized carbons (Fsp3) is 0.458. The van der Waals surface area contributed by atoms with Crippen LogP contribution < -0.4 is 10.1 Å². The van der Waals surface area contributed by atoms with Crippen LogP contribution in [0.4, 0.5) is 23.7 Å². The van der Waals surface area contributed by atoms with Gasteiger partial charge in [-0.1, -0.05) is 13.0 Å². The van der Waals surface area contributed by atoms with Crippen molar-refractivity contribution in [3.63, 3.8) is 0 Å². The molecule has 1 atom stereocenters. The zero-order valence-electron chi connectivity index (χ0n) is 19.2. The van der Waals surface area contributed by atoms with Crippen molar-refractivity contribution in [2.45, 2.75) is 68.4 Å². The van der Waals surface area contributed by atoms with Crippen LogP contribution in [0.2, 0.25) is 0 Å². The quantitative estimate of drug-likeness (QED) is 0.345. The number of hydrogen-bond acceptors (Lipinski definition) is 5. The molecule has 2 aromatic rings. The van der Waals surface area contributed by atoms with Crippen molar-refractivity contribution >= 4 is 23.5 Å². The third-order valence-electron chi connectivity index (χ3n) is 5.60. The summed E-state index contributed by atoms with van der Waals surface area (Å²) < 4.78 is 40.1. The minimum Gasteiger partial charge on any atom is -0.406 e. The summed E-state index contributed by atoms with van der Waals surface area (Å²) in [6.07, 6.45) is -4.12. The molecule has 0 aromatic heterocycles. The first-order valence-corrected chi connectivity index (χ1v) is 11.8. The topological polar surface area (TPSA) is 82.0 Å². The highest BCUT2D eigenvalue weighted by Gasteiger charge is 2.32. The van der Waals surface area contributed by atoms with Crippen LogP contribution in [0.15, 0.2) is 47.4 Å². The molecule has 2 amide bonds. The number of benzene rings is 2. The van der Waals surface area contributed by atoms with E-state index in [0.29, 0.717) is 25.1 Å². The molecule has 1 aliphatic carbocycles. The van der Waals surface area contributed by atoms with Gasteiger partial charge in [0.2, 0.25) is 0 Å². The average molecular weight is 499 g/mol. The Morgan fingerprint density at radius 3 is 2.38 bits per heavy atom. The predicted octanol–water partition coefficient (Wildman–Crippen LogP) is 5.18. The number of aliphatic hydroxyl groups is 2. The van der Waals surface area contributed by atoms with Gasteiger partial charge in [0, 0.05) is 23.2 Å². The van der Waals surface area contributed by atoms with Crippen LogP contribution in [-0.2, 0) is 12.8 Å². The number of rotatable bonds is 8. The zero-order chi connectivity index (χ0) is 25.1. The van der Waals surface area contributed by atoms with Crippen molar-refractivity contribution in [1.82, 2.24) is 4.90 Å². The maximum Gasteiger partial charge on any atom is 0.573 e. The van der Waals surface area contributed by atoms with E-state index in [2.05, 4.69) is 10.1 Å². The van der Waals surface area contributed by atoms with Gasteiger partial charge >= 0.3 is 12.4 Å². The lowest BCUT2D eigenvalue weighted by atomic mass is 10.1. The third-order valence-corrected chi connectivity index (χ3v) is 6.82. The van der Waals surface area contributed by atoms with Crippen molar-refractivity contribution < 1.29 is 32.9 Å². The Labute approximate surface area is 201 Å². The molecule has 0 spiro atoms. The van der Waals surface area contributed by atoms with E-state index >= 15 is 0 Å². The standard InChI is InChI=1S/C24H29F3N2O4S/c1-4-11-29(22(32)28-17-6-8-19(9-7-17)33-24(25,26)27)18-12-15-5-10-20(14-16(15)13-18)34-23(2,3)21(30)31/h5-10,14,18,21,30-31H,4,11-13H2,1-3H3,(H,28,32). The van der Waals surface area contributed by atoms with Crippen LogP contribution in [0.5, 0.6) is 5.75 Å². The normalized spacial score (nSPS) is 15.9. The minimum atomic E-state index is -4.77. The smallest absolute Gasteiger partial charge is 0.406 e. The maximum absolute atomic E-state index is 13.0. The summed E-state index contributed by atoms with van der Waals surface area (Å²) in [5.74, 6) is -0.354.